The van der Waals surface area contributed by atoms with Crippen molar-refractivity contribution in [1.29, 1.82) is 0 Å². The first-order valence-electron chi connectivity index (χ1n) is 9.92. The van der Waals surface area contributed by atoms with Gasteiger partial charge in [-0.1, -0.05) is 17.7 Å². The van der Waals surface area contributed by atoms with E-state index in [0.29, 0.717) is 24.7 Å². The van der Waals surface area contributed by atoms with Crippen LogP contribution in [-0.4, -0.2) is 59.6 Å². The molecule has 3 heterocycles. The van der Waals surface area contributed by atoms with Crippen molar-refractivity contribution in [1.82, 2.24) is 14.3 Å². The number of anilines is 1. The van der Waals surface area contributed by atoms with Crippen molar-refractivity contribution in [2.45, 2.75) is 13.8 Å². The Morgan fingerprint density at radius 3 is 2.69 bits per heavy atom. The number of carbonyl (C=O) groups is 1. The highest BCUT2D eigenvalue weighted by molar-refractivity contribution is 6.33. The number of ether oxygens (including phenoxy) is 1. The summed E-state index contributed by atoms with van der Waals surface area (Å²) >= 11 is 6.55. The summed E-state index contributed by atoms with van der Waals surface area (Å²) in [5.74, 6) is 0.0589. The number of imidazole rings is 1. The zero-order chi connectivity index (χ0) is 20.4. The van der Waals surface area contributed by atoms with E-state index in [1.54, 1.807) is 0 Å². The van der Waals surface area contributed by atoms with E-state index in [2.05, 4.69) is 22.3 Å². The third-order valence-electron chi connectivity index (χ3n) is 5.40. The Labute approximate surface area is 175 Å². The molecule has 0 atom stereocenters. The Morgan fingerprint density at radius 2 is 1.97 bits per heavy atom. The lowest BCUT2D eigenvalue weighted by Crippen LogP contribution is -2.49. The molecule has 1 amide bonds. The highest BCUT2D eigenvalue weighted by atomic mass is 35.5. The van der Waals surface area contributed by atoms with E-state index in [9.17, 15) is 4.79 Å². The van der Waals surface area contributed by atoms with Crippen molar-refractivity contribution in [3.63, 3.8) is 0 Å². The van der Waals surface area contributed by atoms with Crippen molar-refractivity contribution < 1.29 is 9.53 Å². The second-order valence-corrected chi connectivity index (χ2v) is 7.55. The van der Waals surface area contributed by atoms with E-state index in [0.717, 1.165) is 41.4 Å². The maximum Gasteiger partial charge on any atom is 0.248 e. The van der Waals surface area contributed by atoms with Gasteiger partial charge < -0.3 is 18.9 Å². The van der Waals surface area contributed by atoms with Crippen LogP contribution in [0.3, 0.4) is 0 Å². The molecule has 2 aromatic heterocycles. The van der Waals surface area contributed by atoms with Crippen molar-refractivity contribution in [3.05, 3.63) is 53.3 Å². The molecular weight excluding hydrogens is 388 g/mol. The molecule has 0 spiro atoms. The lowest BCUT2D eigenvalue weighted by Gasteiger charge is -2.36. The van der Waals surface area contributed by atoms with Gasteiger partial charge in [-0.15, -0.1) is 0 Å². The molecule has 1 aliphatic rings. The van der Waals surface area contributed by atoms with Crippen LogP contribution >= 0.6 is 11.6 Å². The topological polar surface area (TPSA) is 50.1 Å². The van der Waals surface area contributed by atoms with Gasteiger partial charge in [0.15, 0.2) is 0 Å². The molecule has 1 aromatic carbocycles. The van der Waals surface area contributed by atoms with Crippen molar-refractivity contribution in [2.24, 2.45) is 0 Å². The predicted molar refractivity (Wildman–Crippen MR) is 116 cm³/mol. The molecule has 0 N–H and O–H groups in total. The summed E-state index contributed by atoms with van der Waals surface area (Å²) in [5, 5.41) is 0.686. The van der Waals surface area contributed by atoms with Gasteiger partial charge in [0.05, 0.1) is 10.7 Å². The summed E-state index contributed by atoms with van der Waals surface area (Å²) < 4.78 is 7.32. The van der Waals surface area contributed by atoms with Crippen LogP contribution in [0, 0.1) is 6.92 Å². The first kappa shape index (κ1) is 19.7. The maximum atomic E-state index is 12.2. The standard InChI is InChI=1S/C22H25ClN4O2/c1-3-29-15-21(28)26-12-10-25(11-13-26)17-7-8-19(23)18(14-17)22-16(2)27-9-5-4-6-20(27)24-22/h4-9,14H,3,10-13,15H2,1-2H3. The second-order valence-electron chi connectivity index (χ2n) is 7.14. The zero-order valence-electron chi connectivity index (χ0n) is 16.8. The molecule has 1 aliphatic heterocycles. The minimum Gasteiger partial charge on any atom is -0.372 e. The lowest BCUT2D eigenvalue weighted by atomic mass is 10.1. The number of pyridine rings is 1. The zero-order valence-corrected chi connectivity index (χ0v) is 17.5. The third kappa shape index (κ3) is 3.95. The number of nitrogens with zero attached hydrogens (tertiary/aromatic N) is 4. The Morgan fingerprint density at radius 1 is 1.17 bits per heavy atom. The number of hydrogen-bond donors (Lipinski definition) is 0. The van der Waals surface area contributed by atoms with Crippen molar-refractivity contribution in [2.75, 3.05) is 44.3 Å². The number of rotatable bonds is 5. The molecule has 0 aliphatic carbocycles. The van der Waals surface area contributed by atoms with Gasteiger partial charge in [0.2, 0.25) is 5.91 Å². The predicted octanol–water partition coefficient (Wildman–Crippen LogP) is 3.65. The minimum absolute atomic E-state index is 0.0589. The molecular formula is C22H25ClN4O2. The van der Waals surface area contributed by atoms with Crippen molar-refractivity contribution >= 4 is 28.8 Å². The molecule has 152 valence electrons. The van der Waals surface area contributed by atoms with Crippen LogP contribution < -0.4 is 4.90 Å². The molecule has 1 fully saturated rings. The van der Waals surface area contributed by atoms with Gasteiger partial charge in [-0.2, -0.15) is 0 Å². The maximum absolute atomic E-state index is 12.2. The van der Waals surface area contributed by atoms with E-state index in [1.807, 2.05) is 48.4 Å². The van der Waals surface area contributed by atoms with E-state index >= 15 is 0 Å². The number of aromatic nitrogens is 2. The first-order valence-corrected chi connectivity index (χ1v) is 10.3. The Hall–Kier alpha value is -2.57. The van der Waals surface area contributed by atoms with Gasteiger partial charge in [0.1, 0.15) is 12.3 Å². The molecule has 0 bridgehead atoms. The van der Waals surface area contributed by atoms with Crippen LogP contribution in [0.2, 0.25) is 5.02 Å². The molecule has 7 heteroatoms. The summed E-state index contributed by atoms with van der Waals surface area (Å²) in [6, 6.07) is 12.0. The normalized spacial score (nSPS) is 14.6. The fourth-order valence-corrected chi connectivity index (χ4v) is 3.97. The third-order valence-corrected chi connectivity index (χ3v) is 5.73. The van der Waals surface area contributed by atoms with E-state index in [1.165, 1.54) is 0 Å². The molecule has 0 saturated carbocycles. The number of piperazine rings is 1. The Kier molecular flexibility index (Phi) is 5.74. The average Bonchev–Trinajstić information content (AvgIpc) is 3.09. The lowest BCUT2D eigenvalue weighted by molar-refractivity contribution is -0.136. The summed E-state index contributed by atoms with van der Waals surface area (Å²) in [5.41, 5.74) is 4.89. The summed E-state index contributed by atoms with van der Waals surface area (Å²) in [4.78, 5) is 21.1. The minimum atomic E-state index is 0.0589. The van der Waals surface area contributed by atoms with E-state index < -0.39 is 0 Å². The number of halogens is 1. The van der Waals surface area contributed by atoms with E-state index in [4.69, 9.17) is 21.3 Å². The fourth-order valence-electron chi connectivity index (χ4n) is 3.76. The monoisotopic (exact) mass is 412 g/mol. The van der Waals surface area contributed by atoms with Gasteiger partial charge >= 0.3 is 0 Å². The average molecular weight is 413 g/mol. The molecule has 3 aromatic rings. The number of hydrogen-bond acceptors (Lipinski definition) is 4. The summed E-state index contributed by atoms with van der Waals surface area (Å²) in [6.07, 6.45) is 2.01. The van der Waals surface area contributed by atoms with Crippen LogP contribution in [0.25, 0.3) is 16.9 Å². The first-order chi connectivity index (χ1) is 14.1. The van der Waals surface area contributed by atoms with Gasteiger partial charge in [-0.3, -0.25) is 4.79 Å². The number of amides is 1. The van der Waals surface area contributed by atoms with Crippen molar-refractivity contribution in [3.8, 4) is 11.3 Å². The van der Waals surface area contributed by atoms with Crippen LogP contribution in [0.5, 0.6) is 0 Å². The van der Waals surface area contributed by atoms with Crippen LogP contribution in [-0.2, 0) is 9.53 Å². The second kappa shape index (κ2) is 8.43. The van der Waals surface area contributed by atoms with Crippen LogP contribution in [0.4, 0.5) is 5.69 Å². The molecule has 4 rings (SSSR count). The molecule has 29 heavy (non-hydrogen) atoms. The Bertz CT molecular complexity index is 1020. The van der Waals surface area contributed by atoms with E-state index in [-0.39, 0.29) is 12.5 Å². The fraction of sp³-hybridized carbons (Fsp3) is 0.364. The number of aryl methyl sites for hydroxylation is 1. The Balaban J connectivity index is 1.55. The van der Waals surface area contributed by atoms with Crippen LogP contribution in [0.15, 0.2) is 42.6 Å². The summed E-state index contributed by atoms with van der Waals surface area (Å²) in [7, 11) is 0. The highest BCUT2D eigenvalue weighted by Crippen LogP contribution is 2.34. The van der Waals surface area contributed by atoms with Crippen LogP contribution in [0.1, 0.15) is 12.6 Å². The molecule has 0 radical (unpaired) electrons. The molecule has 6 nitrogen and oxygen atoms in total. The summed E-state index contributed by atoms with van der Waals surface area (Å²) in [6.45, 7) is 7.62. The highest BCUT2D eigenvalue weighted by Gasteiger charge is 2.22. The van der Waals surface area contributed by atoms with Gasteiger partial charge in [0, 0.05) is 55.9 Å². The largest absolute Gasteiger partial charge is 0.372 e. The molecule has 0 unspecified atom stereocenters. The smallest absolute Gasteiger partial charge is 0.248 e. The van der Waals surface area contributed by atoms with Gasteiger partial charge in [-0.25, -0.2) is 4.98 Å². The molecule has 1 saturated heterocycles. The number of carbonyl (C=O) groups excluding carboxylic acids is 1. The SMILES string of the molecule is CCOCC(=O)N1CCN(c2ccc(Cl)c(-c3nc4ccccn4c3C)c2)CC1. The van der Waals surface area contributed by atoms with Gasteiger partial charge in [-0.05, 0) is 44.2 Å². The quantitative estimate of drug-likeness (QED) is 0.641. The number of fused-ring (bicyclic) bond motifs is 1. The number of benzene rings is 1. The van der Waals surface area contributed by atoms with Gasteiger partial charge in [0.25, 0.3) is 0 Å².